The second kappa shape index (κ2) is 13.6. The van der Waals surface area contributed by atoms with Gasteiger partial charge in [0.15, 0.2) is 0 Å². The van der Waals surface area contributed by atoms with Gasteiger partial charge in [-0.25, -0.2) is 27.0 Å². The molecule has 3 fully saturated rings. The summed E-state index contributed by atoms with van der Waals surface area (Å²) in [5.74, 6) is -4.40. The Labute approximate surface area is 278 Å². The number of nitrogens with zero attached hydrogens (tertiary/aromatic N) is 5. The van der Waals surface area contributed by atoms with Crippen LogP contribution in [0.3, 0.4) is 0 Å². The van der Waals surface area contributed by atoms with Gasteiger partial charge in [0.05, 0.1) is 4.90 Å². The number of carbonyl (C=O) groups excluding carboxylic acids is 3. The minimum absolute atomic E-state index is 0.00620. The lowest BCUT2D eigenvalue weighted by Crippen LogP contribution is -2.49. The number of amides is 2. The van der Waals surface area contributed by atoms with E-state index in [9.17, 15) is 22.8 Å². The number of benzene rings is 1. The van der Waals surface area contributed by atoms with Crippen LogP contribution in [-0.4, -0.2) is 80.0 Å². The Hall–Kier alpha value is -3.49. The molecule has 3 aliphatic rings. The Morgan fingerprint density at radius 1 is 1.04 bits per heavy atom. The largest absolute Gasteiger partial charge is 0.442 e. The van der Waals surface area contributed by atoms with Crippen LogP contribution in [0, 0.1) is 11.8 Å². The molecule has 1 aromatic carbocycles. The number of hydrogen-bond donors (Lipinski definition) is 0. The van der Waals surface area contributed by atoms with Crippen LogP contribution >= 0.6 is 11.6 Å². The first kappa shape index (κ1) is 34.8. The average Bonchev–Trinajstić information content (AvgIpc) is 3.39. The fraction of sp³-hybridized carbons (Fsp3) is 0.531. The molecule has 1 aliphatic carbocycles. The molecule has 0 radical (unpaired) electrons. The second-order valence-corrected chi connectivity index (χ2v) is 15.4. The molecular formula is C32H38ClF2N5O6S. The number of halogens is 3. The maximum absolute atomic E-state index is 15.4. The lowest BCUT2D eigenvalue weighted by Gasteiger charge is -2.35. The Morgan fingerprint density at radius 2 is 1.68 bits per heavy atom. The van der Waals surface area contributed by atoms with Gasteiger partial charge in [0, 0.05) is 81.3 Å². The number of piperazine rings is 1. The highest BCUT2D eigenvalue weighted by atomic mass is 35.5. The van der Waals surface area contributed by atoms with Gasteiger partial charge in [-0.1, -0.05) is 11.6 Å². The number of pyridine rings is 1. The van der Waals surface area contributed by atoms with Gasteiger partial charge in [0.25, 0.3) is 5.92 Å². The zero-order valence-corrected chi connectivity index (χ0v) is 28.1. The van der Waals surface area contributed by atoms with E-state index < -0.39 is 33.6 Å². The van der Waals surface area contributed by atoms with Crippen molar-refractivity contribution in [2.24, 2.45) is 16.8 Å². The number of aromatic nitrogens is 1. The van der Waals surface area contributed by atoms with Crippen LogP contribution in [-0.2, 0) is 30.3 Å². The first-order valence-electron chi connectivity index (χ1n) is 15.5. The SMILES string of the molecule is CC(C)(C)OC(=O)N=CC1CC(=O)N(c2ccc(S(=O)(=O)N3CCN(c4cc(C(F)(F)C5CCC(=O)CC5)cc(Cl)n4)CC3)cc2)C1. The van der Waals surface area contributed by atoms with Crippen LogP contribution in [0.4, 0.5) is 25.1 Å². The maximum atomic E-state index is 15.4. The van der Waals surface area contributed by atoms with Crippen LogP contribution in [0.1, 0.15) is 58.4 Å². The number of ketones is 1. The monoisotopic (exact) mass is 693 g/mol. The molecule has 0 bridgehead atoms. The fourth-order valence-electron chi connectivity index (χ4n) is 6.02. The molecule has 1 aromatic heterocycles. The van der Waals surface area contributed by atoms with E-state index in [0.29, 0.717) is 5.69 Å². The predicted molar refractivity (Wildman–Crippen MR) is 173 cm³/mol. The molecule has 2 aromatic rings. The van der Waals surface area contributed by atoms with Crippen LogP contribution in [0.15, 0.2) is 46.3 Å². The summed E-state index contributed by atoms with van der Waals surface area (Å²) < 4.78 is 64.3. The number of rotatable bonds is 7. The van der Waals surface area contributed by atoms with E-state index in [0.717, 1.165) is 6.07 Å². The highest BCUT2D eigenvalue weighted by molar-refractivity contribution is 7.89. The van der Waals surface area contributed by atoms with Gasteiger partial charge in [-0.15, -0.1) is 0 Å². The number of ether oxygens (including phenoxy) is 1. The highest BCUT2D eigenvalue weighted by Gasteiger charge is 2.43. The zero-order valence-electron chi connectivity index (χ0n) is 26.5. The van der Waals surface area contributed by atoms with Gasteiger partial charge < -0.3 is 14.5 Å². The number of sulfonamides is 1. The van der Waals surface area contributed by atoms with E-state index in [-0.39, 0.29) is 104 Å². The van der Waals surface area contributed by atoms with Gasteiger partial charge in [0.2, 0.25) is 15.9 Å². The fourth-order valence-corrected chi connectivity index (χ4v) is 7.65. The van der Waals surface area contributed by atoms with Crippen molar-refractivity contribution in [3.63, 3.8) is 0 Å². The molecule has 1 atom stereocenters. The van der Waals surface area contributed by atoms with Crippen molar-refractivity contribution in [3.8, 4) is 0 Å². The number of carbonyl (C=O) groups is 3. The molecule has 0 N–H and O–H groups in total. The van der Waals surface area contributed by atoms with Crippen molar-refractivity contribution in [1.82, 2.24) is 9.29 Å². The van der Waals surface area contributed by atoms with Crippen molar-refractivity contribution in [1.29, 1.82) is 0 Å². The lowest BCUT2D eigenvalue weighted by molar-refractivity contribution is -0.126. The summed E-state index contributed by atoms with van der Waals surface area (Å²) in [5.41, 5.74) is -0.426. The van der Waals surface area contributed by atoms with Crippen LogP contribution in [0.25, 0.3) is 0 Å². The summed E-state index contributed by atoms with van der Waals surface area (Å²) in [7, 11) is -3.89. The van der Waals surface area contributed by atoms with E-state index >= 15 is 8.78 Å². The first-order chi connectivity index (χ1) is 22.0. The van der Waals surface area contributed by atoms with E-state index in [1.165, 1.54) is 33.6 Å². The Morgan fingerprint density at radius 3 is 2.30 bits per heavy atom. The van der Waals surface area contributed by atoms with Crippen molar-refractivity contribution in [3.05, 3.63) is 47.1 Å². The molecule has 1 unspecified atom stereocenters. The predicted octanol–water partition coefficient (Wildman–Crippen LogP) is 5.46. The third-order valence-electron chi connectivity index (χ3n) is 8.51. The Balaban J connectivity index is 1.20. The van der Waals surface area contributed by atoms with E-state index in [1.807, 2.05) is 0 Å². The smallest absolute Gasteiger partial charge is 0.433 e. The average molecular weight is 694 g/mol. The van der Waals surface area contributed by atoms with Crippen LogP contribution in [0.5, 0.6) is 0 Å². The van der Waals surface area contributed by atoms with Crippen LogP contribution < -0.4 is 9.80 Å². The molecule has 47 heavy (non-hydrogen) atoms. The molecule has 15 heteroatoms. The van der Waals surface area contributed by atoms with Crippen molar-refractivity contribution >= 4 is 57.1 Å². The van der Waals surface area contributed by atoms with E-state index in [1.54, 1.807) is 37.8 Å². The lowest BCUT2D eigenvalue weighted by atomic mass is 9.81. The van der Waals surface area contributed by atoms with E-state index in [2.05, 4.69) is 9.98 Å². The molecule has 254 valence electrons. The molecule has 3 heterocycles. The van der Waals surface area contributed by atoms with Crippen molar-refractivity contribution in [2.75, 3.05) is 42.5 Å². The molecule has 0 spiro atoms. The van der Waals surface area contributed by atoms with Gasteiger partial charge in [-0.05, 0) is 70.0 Å². The Bertz CT molecular complexity index is 1650. The number of anilines is 2. The third kappa shape index (κ3) is 8.15. The van der Waals surface area contributed by atoms with Gasteiger partial charge in [-0.2, -0.15) is 9.30 Å². The van der Waals surface area contributed by atoms with Crippen molar-refractivity contribution < 1.29 is 36.3 Å². The minimum Gasteiger partial charge on any atom is -0.442 e. The van der Waals surface area contributed by atoms with Crippen molar-refractivity contribution in [2.45, 2.75) is 69.3 Å². The highest BCUT2D eigenvalue weighted by Crippen LogP contribution is 2.44. The third-order valence-corrected chi connectivity index (χ3v) is 10.6. The van der Waals surface area contributed by atoms with E-state index in [4.69, 9.17) is 16.3 Å². The molecule has 2 aliphatic heterocycles. The molecule has 2 saturated heterocycles. The normalized spacial score (nSPS) is 20.8. The second-order valence-electron chi connectivity index (χ2n) is 13.1. The number of aliphatic imine (C=N–C) groups is 1. The Kier molecular flexibility index (Phi) is 10.0. The summed E-state index contributed by atoms with van der Waals surface area (Å²) in [6, 6.07) is 8.47. The molecule has 2 amide bonds. The van der Waals surface area contributed by atoms with Gasteiger partial charge in [0.1, 0.15) is 22.4 Å². The minimum atomic E-state index is -3.89. The zero-order chi connectivity index (χ0) is 34.1. The summed E-state index contributed by atoms with van der Waals surface area (Å²) in [5, 5.41) is -0.0858. The molecular weight excluding hydrogens is 656 g/mol. The molecule has 11 nitrogen and oxygen atoms in total. The molecule has 5 rings (SSSR count). The number of Topliss-reactive ketones (excluding diaryl/α,β-unsaturated/α-hetero) is 1. The number of alkyl halides is 2. The maximum Gasteiger partial charge on any atom is 0.433 e. The quantitative estimate of drug-likeness (QED) is 0.276. The summed E-state index contributed by atoms with van der Waals surface area (Å²) >= 11 is 6.16. The summed E-state index contributed by atoms with van der Waals surface area (Å²) in [6.45, 7) is 6.09. The summed E-state index contributed by atoms with van der Waals surface area (Å²) in [4.78, 5) is 47.5. The number of hydrogen-bond acceptors (Lipinski definition) is 8. The molecule has 1 saturated carbocycles. The standard InChI is InChI=1S/C32H38ClF2N5O6S/c1-31(2,3)46-30(43)36-19-21-16-29(42)40(20-21)24-6-10-26(11-7-24)47(44,45)39-14-12-38(13-15-39)28-18-23(17-27(33)37-28)32(34,35)22-4-8-25(41)9-5-22/h6-7,10-11,17-19,21-22H,4-5,8-9,12-16,20H2,1-3H3. The van der Waals surface area contributed by atoms with Gasteiger partial charge >= 0.3 is 6.09 Å². The van der Waals surface area contributed by atoms with Crippen LogP contribution in [0.2, 0.25) is 5.15 Å². The van der Waals surface area contributed by atoms with Gasteiger partial charge in [-0.3, -0.25) is 9.59 Å². The first-order valence-corrected chi connectivity index (χ1v) is 17.3. The summed E-state index contributed by atoms with van der Waals surface area (Å²) in [6.07, 6.45) is 1.32. The topological polar surface area (TPSA) is 130 Å².